The zero-order valence-electron chi connectivity index (χ0n) is 10.2. The van der Waals surface area contributed by atoms with Crippen LogP contribution >= 0.6 is 0 Å². The minimum atomic E-state index is -0.0761. The highest BCUT2D eigenvalue weighted by molar-refractivity contribution is 5.84. The second-order valence-electron chi connectivity index (χ2n) is 4.70. The summed E-state index contributed by atoms with van der Waals surface area (Å²) in [6, 6.07) is 13.0. The molecule has 18 heavy (non-hydrogen) atoms. The zero-order chi connectivity index (χ0) is 12.4. The van der Waals surface area contributed by atoms with Gasteiger partial charge in [0.2, 0.25) is 0 Å². The van der Waals surface area contributed by atoms with Crippen molar-refractivity contribution in [1.82, 2.24) is 10.6 Å². The van der Waals surface area contributed by atoms with Gasteiger partial charge in [-0.2, -0.15) is 0 Å². The molecule has 5 rings (SSSR count). The standard InChI is InChI=1S/C15H16N2O/c18-15-16-7-5-11-1-3-13-10-12(6-8-17-15)2-4-14(13)9-11/h1-4,9-10H,5-8H2,(H2,16,17,18). The molecular weight excluding hydrogens is 224 g/mol. The third-order valence-corrected chi connectivity index (χ3v) is 3.37. The lowest BCUT2D eigenvalue weighted by Crippen LogP contribution is -2.37. The molecule has 2 aromatic rings. The Kier molecular flexibility index (Phi) is 2.89. The van der Waals surface area contributed by atoms with E-state index in [1.54, 1.807) is 0 Å². The van der Waals surface area contributed by atoms with Crippen molar-refractivity contribution in [1.29, 1.82) is 0 Å². The van der Waals surface area contributed by atoms with E-state index in [1.165, 1.54) is 21.9 Å². The SMILES string of the molecule is O=C1NCCc2ccc3cc(ccc3c2)CCN1. The number of carbonyl (C=O) groups is 1. The van der Waals surface area contributed by atoms with Crippen LogP contribution in [0.5, 0.6) is 0 Å². The van der Waals surface area contributed by atoms with Crippen molar-refractivity contribution in [2.45, 2.75) is 12.8 Å². The lowest BCUT2D eigenvalue weighted by molar-refractivity contribution is 0.241. The van der Waals surface area contributed by atoms with Crippen LogP contribution in [0, 0.1) is 0 Å². The molecule has 3 aliphatic rings. The van der Waals surface area contributed by atoms with E-state index in [0.29, 0.717) is 13.1 Å². The lowest BCUT2D eigenvalue weighted by atomic mass is 10.0. The molecule has 0 unspecified atom stereocenters. The summed E-state index contributed by atoms with van der Waals surface area (Å²) in [5, 5.41) is 8.29. The van der Waals surface area contributed by atoms with Crippen LogP contribution in [-0.4, -0.2) is 19.1 Å². The van der Waals surface area contributed by atoms with Gasteiger partial charge in [-0.05, 0) is 34.7 Å². The Morgan fingerprint density at radius 1 is 0.778 bits per heavy atom. The zero-order valence-corrected chi connectivity index (χ0v) is 10.2. The smallest absolute Gasteiger partial charge is 0.314 e. The number of nitrogens with one attached hydrogen (secondary N) is 2. The van der Waals surface area contributed by atoms with E-state index in [4.69, 9.17) is 0 Å². The average Bonchev–Trinajstić information content (AvgIpc) is 2.41. The summed E-state index contributed by atoms with van der Waals surface area (Å²) in [4.78, 5) is 11.5. The van der Waals surface area contributed by atoms with Crippen molar-refractivity contribution < 1.29 is 4.79 Å². The first-order valence-electron chi connectivity index (χ1n) is 6.34. The van der Waals surface area contributed by atoms with Gasteiger partial charge in [0.05, 0.1) is 0 Å². The van der Waals surface area contributed by atoms with Crippen molar-refractivity contribution in [3.05, 3.63) is 47.5 Å². The molecule has 3 nitrogen and oxygen atoms in total. The van der Waals surface area contributed by atoms with Crippen molar-refractivity contribution in [3.63, 3.8) is 0 Å². The fraction of sp³-hybridized carbons (Fsp3) is 0.267. The highest BCUT2D eigenvalue weighted by atomic mass is 16.2. The number of hydrogen-bond acceptors (Lipinski definition) is 1. The van der Waals surface area contributed by atoms with E-state index in [0.717, 1.165) is 12.8 Å². The summed E-state index contributed by atoms with van der Waals surface area (Å²) >= 11 is 0. The van der Waals surface area contributed by atoms with E-state index < -0.39 is 0 Å². The van der Waals surface area contributed by atoms with Gasteiger partial charge < -0.3 is 10.6 Å². The molecule has 2 amide bonds. The van der Waals surface area contributed by atoms with E-state index in [-0.39, 0.29) is 6.03 Å². The summed E-state index contributed by atoms with van der Waals surface area (Å²) in [6.07, 6.45) is 1.73. The lowest BCUT2D eigenvalue weighted by Gasteiger charge is -2.06. The minimum absolute atomic E-state index is 0.0761. The highest BCUT2D eigenvalue weighted by Crippen LogP contribution is 2.18. The Morgan fingerprint density at radius 3 is 1.78 bits per heavy atom. The molecule has 0 fully saturated rings. The summed E-state index contributed by atoms with van der Waals surface area (Å²) < 4.78 is 0. The summed E-state index contributed by atoms with van der Waals surface area (Å²) in [5.74, 6) is 0. The Bertz CT molecular complexity index is 541. The molecular formula is C15H16N2O. The van der Waals surface area contributed by atoms with Crippen LogP contribution in [0.1, 0.15) is 11.1 Å². The van der Waals surface area contributed by atoms with Crippen molar-refractivity contribution >= 4 is 16.8 Å². The monoisotopic (exact) mass is 240 g/mol. The van der Waals surface area contributed by atoms with Crippen molar-refractivity contribution in [2.75, 3.05) is 13.1 Å². The summed E-state index contributed by atoms with van der Waals surface area (Å²) in [5.41, 5.74) is 2.52. The maximum absolute atomic E-state index is 11.5. The first-order valence-corrected chi connectivity index (χ1v) is 6.34. The van der Waals surface area contributed by atoms with Crippen LogP contribution in [0.15, 0.2) is 36.4 Å². The fourth-order valence-corrected chi connectivity index (χ4v) is 2.36. The van der Waals surface area contributed by atoms with Crippen LogP contribution in [0.2, 0.25) is 0 Å². The second-order valence-corrected chi connectivity index (χ2v) is 4.70. The average molecular weight is 240 g/mol. The molecule has 0 spiro atoms. The van der Waals surface area contributed by atoms with Gasteiger partial charge in [0.25, 0.3) is 0 Å². The van der Waals surface area contributed by atoms with Crippen LogP contribution in [0.25, 0.3) is 10.8 Å². The number of hydrogen-bond donors (Lipinski definition) is 2. The van der Waals surface area contributed by atoms with Crippen LogP contribution in [0.4, 0.5) is 4.79 Å². The van der Waals surface area contributed by atoms with Gasteiger partial charge in [0.1, 0.15) is 0 Å². The summed E-state index contributed by atoms with van der Waals surface area (Å²) in [6.45, 7) is 1.35. The molecule has 3 aliphatic heterocycles. The fourth-order valence-electron chi connectivity index (χ4n) is 2.36. The van der Waals surface area contributed by atoms with E-state index >= 15 is 0 Å². The number of amides is 2. The topological polar surface area (TPSA) is 41.1 Å². The molecule has 0 saturated carbocycles. The Labute approximate surface area is 106 Å². The minimum Gasteiger partial charge on any atom is -0.338 e. The predicted molar refractivity (Wildman–Crippen MR) is 72.8 cm³/mol. The van der Waals surface area contributed by atoms with E-state index in [2.05, 4.69) is 47.0 Å². The number of fused-ring (bicyclic) bond motifs is 2. The van der Waals surface area contributed by atoms with Gasteiger partial charge in [0, 0.05) is 13.1 Å². The molecule has 0 aliphatic carbocycles. The van der Waals surface area contributed by atoms with Gasteiger partial charge in [-0.15, -0.1) is 0 Å². The van der Waals surface area contributed by atoms with Gasteiger partial charge in [0.15, 0.2) is 0 Å². The molecule has 2 N–H and O–H groups in total. The summed E-state index contributed by atoms with van der Waals surface area (Å²) in [7, 11) is 0. The molecule has 0 atom stereocenters. The first-order chi connectivity index (χ1) is 8.81. The molecule has 3 heterocycles. The Hall–Kier alpha value is -2.03. The molecule has 92 valence electrons. The van der Waals surface area contributed by atoms with Gasteiger partial charge in [-0.25, -0.2) is 4.79 Å². The second kappa shape index (κ2) is 4.69. The third kappa shape index (κ3) is 2.30. The van der Waals surface area contributed by atoms with Gasteiger partial charge in [-0.3, -0.25) is 0 Å². The molecule has 2 aromatic carbocycles. The maximum atomic E-state index is 11.5. The number of carbonyl (C=O) groups excluding carboxylic acids is 1. The maximum Gasteiger partial charge on any atom is 0.314 e. The van der Waals surface area contributed by atoms with Crippen LogP contribution < -0.4 is 10.6 Å². The molecule has 0 radical (unpaired) electrons. The number of benzene rings is 2. The molecule has 0 saturated heterocycles. The van der Waals surface area contributed by atoms with E-state index in [1.807, 2.05) is 0 Å². The van der Waals surface area contributed by atoms with E-state index in [9.17, 15) is 4.79 Å². The highest BCUT2D eigenvalue weighted by Gasteiger charge is 2.04. The third-order valence-electron chi connectivity index (χ3n) is 3.37. The van der Waals surface area contributed by atoms with Crippen molar-refractivity contribution in [3.8, 4) is 0 Å². The molecule has 4 bridgehead atoms. The van der Waals surface area contributed by atoms with Crippen molar-refractivity contribution in [2.24, 2.45) is 0 Å². The number of urea groups is 1. The Balaban J connectivity index is 2.01. The van der Waals surface area contributed by atoms with Gasteiger partial charge >= 0.3 is 6.03 Å². The normalized spacial score (nSPS) is 15.9. The quantitative estimate of drug-likeness (QED) is 0.728. The van der Waals surface area contributed by atoms with Gasteiger partial charge in [-0.1, -0.05) is 36.4 Å². The predicted octanol–water partition coefficient (Wildman–Crippen LogP) is 2.24. The first kappa shape index (κ1) is 11.1. The number of rotatable bonds is 0. The largest absolute Gasteiger partial charge is 0.338 e. The molecule has 0 aromatic heterocycles. The Morgan fingerprint density at radius 2 is 1.28 bits per heavy atom. The van der Waals surface area contributed by atoms with Crippen LogP contribution in [0.3, 0.4) is 0 Å². The molecule has 3 heteroatoms. The van der Waals surface area contributed by atoms with Crippen LogP contribution in [-0.2, 0) is 12.8 Å².